The minimum absolute atomic E-state index is 0.185. The molecule has 0 radical (unpaired) electrons. The monoisotopic (exact) mass is 355 g/mol. The topological polar surface area (TPSA) is 61.8 Å². The average Bonchev–Trinajstić information content (AvgIpc) is 2.62. The van der Waals surface area contributed by atoms with E-state index in [-0.39, 0.29) is 5.92 Å². The Bertz CT molecular complexity index is 886. The third kappa shape index (κ3) is 3.60. The number of hydrogen-bond donors (Lipinski definition) is 1. The van der Waals surface area contributed by atoms with E-state index in [0.29, 0.717) is 11.4 Å². The summed E-state index contributed by atoms with van der Waals surface area (Å²) in [7, 11) is -3.63. The maximum absolute atomic E-state index is 12.1. The van der Waals surface area contributed by atoms with Gasteiger partial charge in [-0.25, -0.2) is 0 Å². The first-order valence-corrected chi connectivity index (χ1v) is 10.0. The van der Waals surface area contributed by atoms with Gasteiger partial charge in [0, 0.05) is 18.0 Å². The molecule has 6 heteroatoms. The van der Waals surface area contributed by atoms with Gasteiger partial charge < -0.3 is 0 Å². The second kappa shape index (κ2) is 6.61. The lowest BCUT2D eigenvalue weighted by Crippen LogP contribution is -2.37. The summed E-state index contributed by atoms with van der Waals surface area (Å²) in [6.45, 7) is 2.85. The molecule has 0 aliphatic carbocycles. The lowest BCUT2D eigenvalue weighted by molar-refractivity contribution is 0.202. The van der Waals surface area contributed by atoms with Gasteiger partial charge in [-0.3, -0.25) is 9.62 Å². The SMILES string of the molecule is O=S1(=O)N=C(C2CCN(Cc3ccccc3)CC2)c2ccccc2N1. The number of rotatable bonds is 3. The summed E-state index contributed by atoms with van der Waals surface area (Å²) >= 11 is 0. The van der Waals surface area contributed by atoms with Crippen molar-refractivity contribution in [1.82, 2.24) is 4.90 Å². The normalized spacial score (nSPS) is 20.4. The molecule has 2 aliphatic heterocycles. The zero-order valence-electron chi connectivity index (χ0n) is 13.9. The zero-order valence-corrected chi connectivity index (χ0v) is 14.7. The van der Waals surface area contributed by atoms with E-state index in [9.17, 15) is 8.42 Å². The first-order chi connectivity index (χ1) is 12.1. The van der Waals surface area contributed by atoms with Crippen LogP contribution in [0.3, 0.4) is 0 Å². The van der Waals surface area contributed by atoms with Crippen LogP contribution >= 0.6 is 0 Å². The number of likely N-dealkylation sites (tertiary alicyclic amines) is 1. The van der Waals surface area contributed by atoms with Gasteiger partial charge in [-0.15, -0.1) is 4.40 Å². The minimum atomic E-state index is -3.63. The molecule has 1 N–H and O–H groups in total. The Morgan fingerprint density at radius 1 is 1.00 bits per heavy atom. The van der Waals surface area contributed by atoms with Crippen LogP contribution in [0.2, 0.25) is 0 Å². The first-order valence-electron chi connectivity index (χ1n) is 8.59. The van der Waals surface area contributed by atoms with Gasteiger partial charge in [0.25, 0.3) is 0 Å². The van der Waals surface area contributed by atoms with Crippen molar-refractivity contribution in [2.75, 3.05) is 17.8 Å². The number of nitrogens with one attached hydrogen (secondary N) is 1. The number of piperidine rings is 1. The van der Waals surface area contributed by atoms with E-state index < -0.39 is 10.2 Å². The van der Waals surface area contributed by atoms with Crippen LogP contribution in [0.5, 0.6) is 0 Å². The Balaban J connectivity index is 1.49. The molecular weight excluding hydrogens is 334 g/mol. The van der Waals surface area contributed by atoms with E-state index in [1.165, 1.54) is 5.56 Å². The predicted molar refractivity (Wildman–Crippen MR) is 100.0 cm³/mol. The minimum Gasteiger partial charge on any atom is -0.299 e. The van der Waals surface area contributed by atoms with E-state index in [1.807, 2.05) is 24.3 Å². The summed E-state index contributed by atoms with van der Waals surface area (Å²) < 4.78 is 30.7. The maximum Gasteiger partial charge on any atom is 0.342 e. The number of nitrogens with zero attached hydrogens (tertiary/aromatic N) is 2. The van der Waals surface area contributed by atoms with Crippen molar-refractivity contribution >= 4 is 21.6 Å². The quantitative estimate of drug-likeness (QED) is 0.920. The van der Waals surface area contributed by atoms with Gasteiger partial charge in [-0.05, 0) is 37.6 Å². The number of fused-ring (bicyclic) bond motifs is 1. The molecule has 0 unspecified atom stereocenters. The summed E-state index contributed by atoms with van der Waals surface area (Å²) in [6.07, 6.45) is 1.85. The largest absolute Gasteiger partial charge is 0.342 e. The van der Waals surface area contributed by atoms with Crippen LogP contribution in [-0.2, 0) is 16.8 Å². The molecule has 2 heterocycles. The van der Waals surface area contributed by atoms with Gasteiger partial charge >= 0.3 is 10.2 Å². The zero-order chi connectivity index (χ0) is 17.3. The summed E-state index contributed by atoms with van der Waals surface area (Å²) in [4.78, 5) is 2.42. The highest BCUT2D eigenvalue weighted by Gasteiger charge is 2.30. The smallest absolute Gasteiger partial charge is 0.299 e. The fourth-order valence-corrected chi connectivity index (χ4v) is 4.64. The van der Waals surface area contributed by atoms with Crippen LogP contribution in [0.25, 0.3) is 0 Å². The number of hydrogen-bond acceptors (Lipinski definition) is 3. The Hall–Kier alpha value is -2.18. The van der Waals surface area contributed by atoms with Crippen LogP contribution in [0.1, 0.15) is 24.0 Å². The van der Waals surface area contributed by atoms with Crippen molar-refractivity contribution in [2.45, 2.75) is 19.4 Å². The van der Waals surface area contributed by atoms with Crippen LogP contribution in [-0.4, -0.2) is 32.1 Å². The molecular formula is C19H21N3O2S. The van der Waals surface area contributed by atoms with Crippen molar-refractivity contribution in [3.63, 3.8) is 0 Å². The second-order valence-corrected chi connectivity index (χ2v) is 7.97. The molecule has 0 saturated carbocycles. The highest BCUT2D eigenvalue weighted by Crippen LogP contribution is 2.31. The van der Waals surface area contributed by atoms with Crippen LogP contribution in [0.15, 0.2) is 59.0 Å². The molecule has 1 saturated heterocycles. The number of benzene rings is 2. The molecule has 2 aromatic rings. The lowest BCUT2D eigenvalue weighted by atomic mass is 9.87. The van der Waals surface area contributed by atoms with Crippen LogP contribution in [0.4, 0.5) is 5.69 Å². The molecule has 0 amide bonds. The van der Waals surface area contributed by atoms with Gasteiger partial charge in [0.2, 0.25) is 0 Å². The van der Waals surface area contributed by atoms with Gasteiger partial charge in [0.15, 0.2) is 0 Å². The van der Waals surface area contributed by atoms with Gasteiger partial charge in [0.05, 0.1) is 11.4 Å². The van der Waals surface area contributed by atoms with Crippen LogP contribution in [0, 0.1) is 5.92 Å². The molecule has 2 aliphatic rings. The molecule has 1 fully saturated rings. The molecule has 2 aromatic carbocycles. The Labute approximate surface area is 148 Å². The van der Waals surface area contributed by atoms with Gasteiger partial charge in [0.1, 0.15) is 0 Å². The first kappa shape index (κ1) is 16.3. The second-order valence-electron chi connectivity index (χ2n) is 6.64. The van der Waals surface area contributed by atoms with Gasteiger partial charge in [-0.1, -0.05) is 48.5 Å². The molecule has 0 spiro atoms. The van der Waals surface area contributed by atoms with Crippen molar-refractivity contribution in [3.05, 3.63) is 65.7 Å². The summed E-state index contributed by atoms with van der Waals surface area (Å²) in [5.74, 6) is 0.185. The van der Waals surface area contributed by atoms with E-state index in [0.717, 1.165) is 38.0 Å². The number of anilines is 1. The standard InChI is InChI=1S/C19H21N3O2S/c23-25(24)20-18-9-5-4-8-17(18)19(21-25)16-10-12-22(13-11-16)14-15-6-2-1-3-7-15/h1-9,16,20H,10-14H2. The number of para-hydroxylation sites is 1. The van der Waals surface area contributed by atoms with E-state index in [1.54, 1.807) is 6.07 Å². The summed E-state index contributed by atoms with van der Waals surface area (Å²) in [5, 5.41) is 0. The molecule has 0 bridgehead atoms. The Morgan fingerprint density at radius 2 is 1.68 bits per heavy atom. The molecule has 5 nitrogen and oxygen atoms in total. The molecule has 0 atom stereocenters. The summed E-state index contributed by atoms with van der Waals surface area (Å²) in [6, 6.07) is 18.0. The molecule has 130 valence electrons. The Kier molecular flexibility index (Phi) is 4.31. The highest BCUT2D eigenvalue weighted by atomic mass is 32.2. The van der Waals surface area contributed by atoms with E-state index in [4.69, 9.17) is 0 Å². The van der Waals surface area contributed by atoms with Crippen molar-refractivity contribution < 1.29 is 8.42 Å². The van der Waals surface area contributed by atoms with Crippen molar-refractivity contribution in [1.29, 1.82) is 0 Å². The fourth-order valence-electron chi connectivity index (χ4n) is 3.64. The summed E-state index contributed by atoms with van der Waals surface area (Å²) in [5.41, 5.74) is 3.58. The molecule has 25 heavy (non-hydrogen) atoms. The Morgan fingerprint density at radius 3 is 2.44 bits per heavy atom. The molecule has 0 aromatic heterocycles. The van der Waals surface area contributed by atoms with Gasteiger partial charge in [-0.2, -0.15) is 8.42 Å². The average molecular weight is 355 g/mol. The predicted octanol–water partition coefficient (Wildman–Crippen LogP) is 3.06. The third-order valence-electron chi connectivity index (χ3n) is 4.88. The van der Waals surface area contributed by atoms with E-state index in [2.05, 4.69) is 38.3 Å². The van der Waals surface area contributed by atoms with Crippen molar-refractivity contribution in [3.8, 4) is 0 Å². The van der Waals surface area contributed by atoms with Crippen LogP contribution < -0.4 is 4.72 Å². The van der Waals surface area contributed by atoms with E-state index >= 15 is 0 Å². The lowest BCUT2D eigenvalue weighted by Gasteiger charge is -2.33. The fraction of sp³-hybridized carbons (Fsp3) is 0.316. The highest BCUT2D eigenvalue weighted by molar-refractivity contribution is 7.91. The third-order valence-corrected chi connectivity index (χ3v) is 5.80. The molecule has 4 rings (SSSR count). The van der Waals surface area contributed by atoms with Crippen molar-refractivity contribution in [2.24, 2.45) is 10.3 Å². The maximum atomic E-state index is 12.1.